The summed E-state index contributed by atoms with van der Waals surface area (Å²) >= 11 is 0. The summed E-state index contributed by atoms with van der Waals surface area (Å²) in [5, 5.41) is 15.1. The lowest BCUT2D eigenvalue weighted by molar-refractivity contribution is -0.124. The lowest BCUT2D eigenvalue weighted by Crippen LogP contribution is -2.48. The van der Waals surface area contributed by atoms with Crippen LogP contribution in [0.25, 0.3) is 0 Å². The quantitative estimate of drug-likeness (QED) is 0.486. The number of nitrogens with one attached hydrogen (secondary N) is 2. The monoisotopic (exact) mass is 450 g/mol. The molecular weight excluding hydrogens is 427 g/mol. The number of halogens is 1. The Morgan fingerprint density at radius 2 is 1.85 bits per heavy atom. The van der Waals surface area contributed by atoms with Crippen molar-refractivity contribution in [3.63, 3.8) is 0 Å². The van der Waals surface area contributed by atoms with Gasteiger partial charge in [0.05, 0.1) is 11.7 Å². The fourth-order valence-corrected chi connectivity index (χ4v) is 3.25. The molecule has 0 spiro atoms. The number of ether oxygens (including phenoxy) is 1. The van der Waals surface area contributed by atoms with E-state index in [4.69, 9.17) is 4.74 Å². The number of hydrogen-bond donors (Lipinski definition) is 3. The second-order valence-electron chi connectivity index (χ2n) is 7.96. The molecule has 0 radical (unpaired) electrons. The Kier molecular flexibility index (Phi) is 6.32. The molecule has 2 aromatic carbocycles. The molecule has 8 nitrogen and oxygen atoms in total. The first-order valence-corrected chi connectivity index (χ1v) is 10.5. The molecule has 1 saturated carbocycles. The first-order chi connectivity index (χ1) is 15.9. The van der Waals surface area contributed by atoms with Gasteiger partial charge in [0.25, 0.3) is 5.91 Å². The molecule has 1 aliphatic carbocycles. The minimum atomic E-state index is -0.911. The van der Waals surface area contributed by atoms with Gasteiger partial charge in [-0.3, -0.25) is 9.59 Å². The van der Waals surface area contributed by atoms with E-state index >= 15 is 0 Å². The van der Waals surface area contributed by atoms with E-state index in [0.29, 0.717) is 29.7 Å². The van der Waals surface area contributed by atoms with Gasteiger partial charge in [0.2, 0.25) is 5.91 Å². The molecule has 1 atom stereocenters. The summed E-state index contributed by atoms with van der Waals surface area (Å²) in [5.74, 6) is -0.726. The highest BCUT2D eigenvalue weighted by Crippen LogP contribution is 2.36. The molecule has 4 rings (SSSR count). The van der Waals surface area contributed by atoms with Gasteiger partial charge >= 0.3 is 0 Å². The Balaban J connectivity index is 1.31. The van der Waals surface area contributed by atoms with Gasteiger partial charge < -0.3 is 20.5 Å². The summed E-state index contributed by atoms with van der Waals surface area (Å²) in [4.78, 5) is 32.6. The average molecular weight is 450 g/mol. The third-order valence-corrected chi connectivity index (χ3v) is 5.40. The van der Waals surface area contributed by atoms with E-state index in [-0.39, 0.29) is 18.2 Å². The van der Waals surface area contributed by atoms with Crippen molar-refractivity contribution in [2.24, 2.45) is 0 Å². The maximum atomic E-state index is 14.2. The van der Waals surface area contributed by atoms with Crippen molar-refractivity contribution in [3.05, 3.63) is 83.7 Å². The van der Waals surface area contributed by atoms with Crippen LogP contribution in [0.3, 0.4) is 0 Å². The van der Waals surface area contributed by atoms with Crippen molar-refractivity contribution >= 4 is 11.8 Å². The third-order valence-electron chi connectivity index (χ3n) is 5.40. The van der Waals surface area contributed by atoms with Crippen molar-refractivity contribution in [2.45, 2.75) is 38.0 Å². The van der Waals surface area contributed by atoms with Crippen molar-refractivity contribution in [1.82, 2.24) is 20.6 Å². The number of amides is 2. The van der Waals surface area contributed by atoms with E-state index in [2.05, 4.69) is 20.6 Å². The second kappa shape index (κ2) is 9.33. The first kappa shape index (κ1) is 22.3. The number of aromatic nitrogens is 2. The molecule has 3 aromatic rings. The highest BCUT2D eigenvalue weighted by Gasteiger charge is 2.51. The van der Waals surface area contributed by atoms with Crippen LogP contribution in [0.15, 0.2) is 61.2 Å². The van der Waals surface area contributed by atoms with Crippen molar-refractivity contribution in [3.8, 4) is 11.5 Å². The maximum Gasteiger partial charge on any atom is 0.255 e. The topological polar surface area (TPSA) is 113 Å². The highest BCUT2D eigenvalue weighted by atomic mass is 19.1. The lowest BCUT2D eigenvalue weighted by Gasteiger charge is -2.17. The summed E-state index contributed by atoms with van der Waals surface area (Å²) in [6.45, 7) is 1.83. The van der Waals surface area contributed by atoms with Gasteiger partial charge in [-0.05, 0) is 55.2 Å². The minimum absolute atomic E-state index is 0.0516. The Morgan fingerprint density at radius 3 is 2.45 bits per heavy atom. The number of nitrogens with zero attached hydrogens (tertiary/aromatic N) is 2. The molecule has 1 aromatic heterocycles. The van der Waals surface area contributed by atoms with Gasteiger partial charge in [0.15, 0.2) is 11.6 Å². The van der Waals surface area contributed by atoms with Crippen LogP contribution in [0.2, 0.25) is 0 Å². The van der Waals surface area contributed by atoms with E-state index in [1.54, 1.807) is 37.3 Å². The molecule has 0 saturated heterocycles. The van der Waals surface area contributed by atoms with Gasteiger partial charge in [-0.2, -0.15) is 0 Å². The van der Waals surface area contributed by atoms with Crippen LogP contribution >= 0.6 is 0 Å². The second-order valence-corrected chi connectivity index (χ2v) is 7.96. The SMILES string of the molecule is CC(O)c1ccc(Oc2ccc(CNC(=O)C3(NC(=O)c4cncnc4)CC3)cc2)c(F)c1. The number of hydrogen-bond acceptors (Lipinski definition) is 6. The zero-order valence-corrected chi connectivity index (χ0v) is 17.9. The van der Waals surface area contributed by atoms with E-state index in [9.17, 15) is 19.1 Å². The molecule has 1 heterocycles. The fourth-order valence-electron chi connectivity index (χ4n) is 3.25. The predicted molar refractivity (Wildman–Crippen MR) is 117 cm³/mol. The summed E-state index contributed by atoms with van der Waals surface area (Å²) in [7, 11) is 0. The maximum absolute atomic E-state index is 14.2. The normalized spacial score (nSPS) is 14.8. The van der Waals surface area contributed by atoms with Crippen LogP contribution in [-0.2, 0) is 11.3 Å². The van der Waals surface area contributed by atoms with E-state index in [1.165, 1.54) is 30.9 Å². The zero-order chi connectivity index (χ0) is 23.4. The van der Waals surface area contributed by atoms with E-state index in [0.717, 1.165) is 5.56 Å². The van der Waals surface area contributed by atoms with E-state index in [1.807, 2.05) is 0 Å². The molecule has 170 valence electrons. The molecule has 2 amide bonds. The van der Waals surface area contributed by atoms with Gasteiger partial charge in [-0.25, -0.2) is 14.4 Å². The van der Waals surface area contributed by atoms with Gasteiger partial charge in [0, 0.05) is 18.9 Å². The number of carbonyl (C=O) groups is 2. The Hall–Kier alpha value is -3.85. The summed E-state index contributed by atoms with van der Waals surface area (Å²) < 4.78 is 19.8. The molecular formula is C24H23FN4O4. The third kappa shape index (κ3) is 5.32. The molecule has 1 aliphatic rings. The summed E-state index contributed by atoms with van der Waals surface area (Å²) in [6.07, 6.45) is 4.48. The van der Waals surface area contributed by atoms with Crippen molar-refractivity contribution in [1.29, 1.82) is 0 Å². The highest BCUT2D eigenvalue weighted by molar-refractivity contribution is 6.00. The summed E-state index contributed by atoms with van der Waals surface area (Å²) in [5.41, 5.74) is 0.669. The first-order valence-electron chi connectivity index (χ1n) is 10.5. The van der Waals surface area contributed by atoms with Crippen LogP contribution < -0.4 is 15.4 Å². The minimum Gasteiger partial charge on any atom is -0.454 e. The van der Waals surface area contributed by atoms with Gasteiger partial charge in [0.1, 0.15) is 17.6 Å². The number of aliphatic hydroxyl groups is 1. The Labute approximate surface area is 189 Å². The van der Waals surface area contributed by atoms with Crippen LogP contribution in [0.4, 0.5) is 4.39 Å². The molecule has 1 fully saturated rings. The largest absolute Gasteiger partial charge is 0.454 e. The Bertz CT molecular complexity index is 1150. The number of benzene rings is 2. The zero-order valence-electron chi connectivity index (χ0n) is 17.9. The van der Waals surface area contributed by atoms with Crippen molar-refractivity contribution < 1.29 is 23.8 Å². The van der Waals surface area contributed by atoms with E-state index < -0.39 is 23.4 Å². The molecule has 0 bridgehead atoms. The van der Waals surface area contributed by atoms with Crippen LogP contribution in [-0.4, -0.2) is 32.4 Å². The van der Waals surface area contributed by atoms with Gasteiger partial charge in [-0.1, -0.05) is 18.2 Å². The lowest BCUT2D eigenvalue weighted by atomic mass is 10.1. The summed E-state index contributed by atoms with van der Waals surface area (Å²) in [6, 6.07) is 11.2. The average Bonchev–Trinajstić information content (AvgIpc) is 3.60. The predicted octanol–water partition coefficient (Wildman–Crippen LogP) is 3.04. The number of rotatable bonds is 8. The van der Waals surface area contributed by atoms with Gasteiger partial charge in [-0.15, -0.1) is 0 Å². The Morgan fingerprint density at radius 1 is 1.15 bits per heavy atom. The standard InChI is InChI=1S/C24H23FN4O4/c1-15(30)17-4-7-21(20(25)10-17)33-19-5-2-16(3-6-19)11-28-23(32)24(8-9-24)29-22(31)18-12-26-14-27-13-18/h2-7,10,12-15,30H,8-9,11H2,1H3,(H,28,32)(H,29,31). The smallest absolute Gasteiger partial charge is 0.255 e. The molecule has 1 unspecified atom stereocenters. The van der Waals surface area contributed by atoms with Crippen molar-refractivity contribution in [2.75, 3.05) is 0 Å². The fraction of sp³-hybridized carbons (Fsp3) is 0.250. The molecule has 9 heteroatoms. The number of carbonyl (C=O) groups excluding carboxylic acids is 2. The van der Waals surface area contributed by atoms with Crippen LogP contribution in [0, 0.1) is 5.82 Å². The molecule has 33 heavy (non-hydrogen) atoms. The molecule has 3 N–H and O–H groups in total. The van der Waals surface area contributed by atoms with Crippen LogP contribution in [0.1, 0.15) is 47.4 Å². The number of aliphatic hydroxyl groups excluding tert-OH is 1. The molecule has 0 aliphatic heterocycles. The van der Waals surface area contributed by atoms with Crippen LogP contribution in [0.5, 0.6) is 11.5 Å².